The third-order valence-electron chi connectivity index (χ3n) is 1.91. The van der Waals surface area contributed by atoms with E-state index < -0.39 is 5.97 Å². The van der Waals surface area contributed by atoms with E-state index in [2.05, 4.69) is 4.98 Å². The molecule has 4 heteroatoms. The highest BCUT2D eigenvalue weighted by Gasteiger charge is 2.25. The van der Waals surface area contributed by atoms with Gasteiger partial charge >= 0.3 is 5.97 Å². The van der Waals surface area contributed by atoms with Gasteiger partial charge in [-0.15, -0.1) is 0 Å². The van der Waals surface area contributed by atoms with E-state index in [4.69, 9.17) is 9.15 Å². The lowest BCUT2D eigenvalue weighted by molar-refractivity contribution is 0.0518. The zero-order valence-electron chi connectivity index (χ0n) is 9.88. The van der Waals surface area contributed by atoms with Gasteiger partial charge in [-0.05, 0) is 13.8 Å². The van der Waals surface area contributed by atoms with Crippen LogP contribution in [0, 0.1) is 6.92 Å². The second kappa shape index (κ2) is 4.04. The van der Waals surface area contributed by atoms with Gasteiger partial charge in [-0.3, -0.25) is 0 Å². The molecule has 0 aliphatic rings. The molecular formula is C11H17NO3. The van der Waals surface area contributed by atoms with Crippen molar-refractivity contribution >= 4 is 5.97 Å². The molecule has 0 atom stereocenters. The second-order valence-electron chi connectivity index (χ2n) is 4.39. The highest BCUT2D eigenvalue weighted by Crippen LogP contribution is 2.23. The number of oxazole rings is 1. The zero-order chi connectivity index (χ0) is 11.6. The third-order valence-corrected chi connectivity index (χ3v) is 1.91. The summed E-state index contributed by atoms with van der Waals surface area (Å²) in [5.41, 5.74) is 0.0805. The number of carbonyl (C=O) groups is 1. The summed E-state index contributed by atoms with van der Waals surface area (Å²) in [6.45, 7) is 9.76. The van der Waals surface area contributed by atoms with E-state index in [9.17, 15) is 4.79 Å². The van der Waals surface area contributed by atoms with Gasteiger partial charge in [0, 0.05) is 5.41 Å². The maximum absolute atomic E-state index is 11.5. The van der Waals surface area contributed by atoms with Crippen molar-refractivity contribution in [2.24, 2.45) is 0 Å². The number of nitrogens with zero attached hydrogens (tertiary/aromatic N) is 1. The van der Waals surface area contributed by atoms with Crippen LogP contribution in [0.5, 0.6) is 0 Å². The maximum Gasteiger partial charge on any atom is 0.360 e. The molecule has 0 N–H and O–H groups in total. The molecule has 0 fully saturated rings. The van der Waals surface area contributed by atoms with Crippen LogP contribution in [0.3, 0.4) is 0 Å². The summed E-state index contributed by atoms with van der Waals surface area (Å²) in [5.74, 6) is 0.649. The molecule has 1 rings (SSSR count). The van der Waals surface area contributed by atoms with Crippen LogP contribution in [0.25, 0.3) is 0 Å². The molecule has 0 aliphatic carbocycles. The Kier molecular flexibility index (Phi) is 3.17. The molecule has 1 aromatic rings. The highest BCUT2D eigenvalue weighted by molar-refractivity contribution is 5.88. The number of aromatic nitrogens is 1. The first-order valence-electron chi connectivity index (χ1n) is 5.01. The van der Waals surface area contributed by atoms with Gasteiger partial charge in [0.05, 0.1) is 6.61 Å². The number of esters is 1. The number of aryl methyl sites for hydroxylation is 1. The van der Waals surface area contributed by atoms with Gasteiger partial charge in [0.15, 0.2) is 5.69 Å². The van der Waals surface area contributed by atoms with Gasteiger partial charge in [-0.2, -0.15) is 0 Å². The largest absolute Gasteiger partial charge is 0.461 e. The Bertz CT molecular complexity index is 360. The molecule has 0 bridgehead atoms. The van der Waals surface area contributed by atoms with E-state index in [0.717, 1.165) is 0 Å². The standard InChI is InChI=1S/C11H17NO3/c1-6-14-9(13)8-7(2)15-10(12-8)11(3,4)5/h6H2,1-5H3. The minimum Gasteiger partial charge on any atom is -0.461 e. The minimum atomic E-state index is -0.422. The van der Waals surface area contributed by atoms with E-state index in [1.54, 1.807) is 13.8 Å². The number of hydrogen-bond acceptors (Lipinski definition) is 4. The minimum absolute atomic E-state index is 0.199. The molecule has 0 saturated carbocycles. The van der Waals surface area contributed by atoms with Crippen LogP contribution in [0.2, 0.25) is 0 Å². The van der Waals surface area contributed by atoms with E-state index >= 15 is 0 Å². The summed E-state index contributed by atoms with van der Waals surface area (Å²) >= 11 is 0. The van der Waals surface area contributed by atoms with Crippen molar-refractivity contribution in [2.45, 2.75) is 40.0 Å². The highest BCUT2D eigenvalue weighted by atomic mass is 16.5. The van der Waals surface area contributed by atoms with Crippen molar-refractivity contribution in [3.05, 3.63) is 17.3 Å². The first-order chi connectivity index (χ1) is 6.86. The molecule has 0 aromatic carbocycles. The molecule has 0 saturated heterocycles. The fourth-order valence-corrected chi connectivity index (χ4v) is 1.11. The molecule has 84 valence electrons. The first-order valence-corrected chi connectivity index (χ1v) is 5.01. The number of carbonyl (C=O) groups excluding carboxylic acids is 1. The Labute approximate surface area is 89.6 Å². The quantitative estimate of drug-likeness (QED) is 0.705. The van der Waals surface area contributed by atoms with Crippen molar-refractivity contribution in [3.8, 4) is 0 Å². The first kappa shape index (κ1) is 11.8. The van der Waals surface area contributed by atoms with Gasteiger partial charge in [-0.25, -0.2) is 9.78 Å². The van der Waals surface area contributed by atoms with Gasteiger partial charge in [0.2, 0.25) is 5.89 Å². The van der Waals surface area contributed by atoms with Crippen LogP contribution in [-0.2, 0) is 10.2 Å². The third kappa shape index (κ3) is 2.58. The summed E-state index contributed by atoms with van der Waals surface area (Å²) in [4.78, 5) is 15.6. The Morgan fingerprint density at radius 1 is 1.47 bits per heavy atom. The number of hydrogen-bond donors (Lipinski definition) is 0. The fraction of sp³-hybridized carbons (Fsp3) is 0.636. The van der Waals surface area contributed by atoms with Crippen molar-refractivity contribution in [2.75, 3.05) is 6.61 Å². The monoisotopic (exact) mass is 211 g/mol. The molecule has 15 heavy (non-hydrogen) atoms. The van der Waals surface area contributed by atoms with Crippen LogP contribution < -0.4 is 0 Å². The van der Waals surface area contributed by atoms with Crippen molar-refractivity contribution in [1.82, 2.24) is 4.98 Å². The molecule has 0 spiro atoms. The summed E-state index contributed by atoms with van der Waals surface area (Å²) in [5, 5.41) is 0. The van der Waals surface area contributed by atoms with E-state index in [1.807, 2.05) is 20.8 Å². The Morgan fingerprint density at radius 2 is 2.07 bits per heavy atom. The Morgan fingerprint density at radius 3 is 2.47 bits per heavy atom. The Hall–Kier alpha value is -1.32. The molecule has 0 aliphatic heterocycles. The van der Waals surface area contributed by atoms with Crippen molar-refractivity contribution in [3.63, 3.8) is 0 Å². The summed E-state index contributed by atoms with van der Waals surface area (Å²) < 4.78 is 10.3. The summed E-state index contributed by atoms with van der Waals surface area (Å²) in [7, 11) is 0. The van der Waals surface area contributed by atoms with E-state index in [-0.39, 0.29) is 11.1 Å². The second-order valence-corrected chi connectivity index (χ2v) is 4.39. The topological polar surface area (TPSA) is 52.3 Å². The van der Waals surface area contributed by atoms with Gasteiger partial charge < -0.3 is 9.15 Å². The maximum atomic E-state index is 11.5. The molecule has 4 nitrogen and oxygen atoms in total. The summed E-state index contributed by atoms with van der Waals surface area (Å²) in [6.07, 6.45) is 0. The lowest BCUT2D eigenvalue weighted by Crippen LogP contribution is -2.12. The van der Waals surface area contributed by atoms with Gasteiger partial charge in [-0.1, -0.05) is 20.8 Å². The molecule has 0 unspecified atom stereocenters. The zero-order valence-corrected chi connectivity index (χ0v) is 9.88. The predicted molar refractivity (Wildman–Crippen MR) is 55.9 cm³/mol. The molecule has 0 radical (unpaired) electrons. The molecule has 1 aromatic heterocycles. The van der Waals surface area contributed by atoms with Crippen LogP contribution in [0.4, 0.5) is 0 Å². The van der Waals surface area contributed by atoms with E-state index in [1.165, 1.54) is 0 Å². The van der Waals surface area contributed by atoms with Crippen LogP contribution >= 0.6 is 0 Å². The van der Waals surface area contributed by atoms with Crippen LogP contribution in [0.15, 0.2) is 4.42 Å². The number of ether oxygens (including phenoxy) is 1. The van der Waals surface area contributed by atoms with Gasteiger partial charge in [0.1, 0.15) is 5.76 Å². The van der Waals surface area contributed by atoms with Crippen LogP contribution in [0.1, 0.15) is 49.8 Å². The average Bonchev–Trinajstić information content (AvgIpc) is 2.47. The van der Waals surface area contributed by atoms with Crippen molar-refractivity contribution in [1.29, 1.82) is 0 Å². The molecule has 1 heterocycles. The Balaban J connectivity index is 3.02. The molecule has 0 amide bonds. The average molecular weight is 211 g/mol. The molecular weight excluding hydrogens is 194 g/mol. The smallest absolute Gasteiger partial charge is 0.360 e. The normalized spacial score (nSPS) is 11.5. The van der Waals surface area contributed by atoms with Gasteiger partial charge in [0.25, 0.3) is 0 Å². The van der Waals surface area contributed by atoms with Crippen LogP contribution in [-0.4, -0.2) is 17.6 Å². The SMILES string of the molecule is CCOC(=O)c1nc(C(C)(C)C)oc1C. The predicted octanol–water partition coefficient (Wildman–Crippen LogP) is 2.46. The lowest BCUT2D eigenvalue weighted by Gasteiger charge is -2.11. The van der Waals surface area contributed by atoms with E-state index in [0.29, 0.717) is 18.3 Å². The fourth-order valence-electron chi connectivity index (χ4n) is 1.11. The lowest BCUT2D eigenvalue weighted by atomic mass is 9.97. The number of rotatable bonds is 2. The van der Waals surface area contributed by atoms with Crippen molar-refractivity contribution < 1.29 is 13.9 Å². The summed E-state index contributed by atoms with van der Waals surface area (Å²) in [6, 6.07) is 0.